The van der Waals surface area contributed by atoms with E-state index in [1.165, 1.54) is 16.2 Å². The van der Waals surface area contributed by atoms with Crippen molar-refractivity contribution < 1.29 is 24.2 Å². The standard InChI is InChI=1S/C23H24N2O5S/c1-4-29-19-12-15(9-10-18(19)30-14-21(26)25(2)3)11-16(13-22(27)28)23-24-17-7-5-6-8-20(17)31-23/h5-12H,4,13-14H2,1-3H3,(H,27,28)/b16-11+. The van der Waals surface area contributed by atoms with Crippen molar-refractivity contribution in [3.05, 3.63) is 53.0 Å². The molecule has 0 unspecified atom stereocenters. The Bertz CT molecular complexity index is 1090. The van der Waals surface area contributed by atoms with Gasteiger partial charge in [0.25, 0.3) is 5.91 Å². The number of carboxylic acids is 1. The molecular weight excluding hydrogens is 416 g/mol. The number of carbonyl (C=O) groups excluding carboxylic acids is 1. The number of hydrogen-bond acceptors (Lipinski definition) is 6. The molecule has 0 spiro atoms. The number of ether oxygens (including phenoxy) is 2. The first-order valence-corrected chi connectivity index (χ1v) is 10.6. The molecule has 0 aliphatic heterocycles. The minimum Gasteiger partial charge on any atom is -0.490 e. The molecule has 1 aromatic heterocycles. The van der Waals surface area contributed by atoms with Crippen LogP contribution < -0.4 is 9.47 Å². The van der Waals surface area contributed by atoms with E-state index in [4.69, 9.17) is 9.47 Å². The molecule has 1 heterocycles. The average molecular weight is 441 g/mol. The molecule has 162 valence electrons. The van der Waals surface area contributed by atoms with Crippen molar-refractivity contribution in [1.82, 2.24) is 9.88 Å². The van der Waals surface area contributed by atoms with Crippen LogP contribution in [0.2, 0.25) is 0 Å². The summed E-state index contributed by atoms with van der Waals surface area (Å²) in [5, 5.41) is 10.1. The van der Waals surface area contributed by atoms with Gasteiger partial charge in [0.15, 0.2) is 18.1 Å². The van der Waals surface area contributed by atoms with Gasteiger partial charge >= 0.3 is 5.97 Å². The average Bonchev–Trinajstić information content (AvgIpc) is 3.16. The van der Waals surface area contributed by atoms with Crippen molar-refractivity contribution in [3.8, 4) is 11.5 Å². The number of benzene rings is 2. The van der Waals surface area contributed by atoms with E-state index in [2.05, 4.69) is 4.98 Å². The summed E-state index contributed by atoms with van der Waals surface area (Å²) in [5.74, 6) is -0.153. The van der Waals surface area contributed by atoms with Gasteiger partial charge in [-0.2, -0.15) is 0 Å². The van der Waals surface area contributed by atoms with Crippen LogP contribution in [-0.4, -0.2) is 54.2 Å². The number of aliphatic carboxylic acids is 1. The highest BCUT2D eigenvalue weighted by Gasteiger charge is 2.14. The van der Waals surface area contributed by atoms with Crippen LogP contribution in [0.3, 0.4) is 0 Å². The molecule has 0 saturated heterocycles. The zero-order valence-corrected chi connectivity index (χ0v) is 18.4. The highest BCUT2D eigenvalue weighted by Crippen LogP contribution is 2.33. The van der Waals surface area contributed by atoms with Crippen molar-refractivity contribution in [2.24, 2.45) is 0 Å². The third-order valence-electron chi connectivity index (χ3n) is 4.37. The molecule has 1 amide bonds. The number of likely N-dealkylation sites (N-methyl/N-ethyl adjacent to an activating group) is 1. The summed E-state index contributed by atoms with van der Waals surface area (Å²) in [5.41, 5.74) is 2.20. The second-order valence-corrected chi connectivity index (χ2v) is 7.97. The molecule has 0 saturated carbocycles. The number of carboxylic acid groups (broad SMARTS) is 1. The fourth-order valence-electron chi connectivity index (χ4n) is 2.83. The van der Waals surface area contributed by atoms with Gasteiger partial charge in [-0.25, -0.2) is 4.98 Å². The Morgan fingerprint density at radius 2 is 1.90 bits per heavy atom. The van der Waals surface area contributed by atoms with Crippen molar-refractivity contribution >= 4 is 45.1 Å². The van der Waals surface area contributed by atoms with Crippen LogP contribution in [0.1, 0.15) is 23.9 Å². The fraction of sp³-hybridized carbons (Fsp3) is 0.261. The first-order valence-electron chi connectivity index (χ1n) is 9.75. The van der Waals surface area contributed by atoms with Crippen LogP contribution in [-0.2, 0) is 9.59 Å². The van der Waals surface area contributed by atoms with E-state index in [9.17, 15) is 14.7 Å². The molecule has 3 rings (SSSR count). The normalized spacial score (nSPS) is 11.4. The zero-order valence-electron chi connectivity index (χ0n) is 17.6. The summed E-state index contributed by atoms with van der Waals surface area (Å²) in [6.45, 7) is 2.18. The molecule has 3 aromatic rings. The number of fused-ring (bicyclic) bond motifs is 1. The fourth-order valence-corrected chi connectivity index (χ4v) is 3.81. The second kappa shape index (κ2) is 10.1. The lowest BCUT2D eigenvalue weighted by Gasteiger charge is -2.15. The van der Waals surface area contributed by atoms with Crippen LogP contribution >= 0.6 is 11.3 Å². The largest absolute Gasteiger partial charge is 0.490 e. The lowest BCUT2D eigenvalue weighted by Crippen LogP contribution is -2.27. The van der Waals surface area contributed by atoms with Crippen molar-refractivity contribution in [3.63, 3.8) is 0 Å². The highest BCUT2D eigenvalue weighted by atomic mass is 32.1. The Morgan fingerprint density at radius 3 is 2.58 bits per heavy atom. The molecule has 0 atom stereocenters. The number of para-hydroxylation sites is 1. The zero-order chi connectivity index (χ0) is 22.4. The van der Waals surface area contributed by atoms with E-state index in [-0.39, 0.29) is 18.9 Å². The molecule has 8 heteroatoms. The number of nitrogens with zero attached hydrogens (tertiary/aromatic N) is 2. The molecule has 31 heavy (non-hydrogen) atoms. The number of rotatable bonds is 9. The molecule has 0 aliphatic rings. The van der Waals surface area contributed by atoms with Crippen LogP contribution in [0.15, 0.2) is 42.5 Å². The third kappa shape index (κ3) is 5.82. The molecule has 0 fully saturated rings. The summed E-state index contributed by atoms with van der Waals surface area (Å²) < 4.78 is 12.3. The topological polar surface area (TPSA) is 89.0 Å². The van der Waals surface area contributed by atoms with Gasteiger partial charge in [0, 0.05) is 14.1 Å². The lowest BCUT2D eigenvalue weighted by atomic mass is 10.1. The Morgan fingerprint density at radius 1 is 1.13 bits per heavy atom. The number of carbonyl (C=O) groups is 2. The molecule has 2 aromatic carbocycles. The Balaban J connectivity index is 1.94. The van der Waals surface area contributed by atoms with Gasteiger partial charge in [-0.3, -0.25) is 9.59 Å². The number of hydrogen-bond donors (Lipinski definition) is 1. The quantitative estimate of drug-likeness (QED) is 0.537. The first kappa shape index (κ1) is 22.3. The molecule has 0 radical (unpaired) electrons. The van der Waals surface area contributed by atoms with Gasteiger partial charge in [-0.1, -0.05) is 18.2 Å². The van der Waals surface area contributed by atoms with Gasteiger partial charge in [0.1, 0.15) is 5.01 Å². The van der Waals surface area contributed by atoms with E-state index in [0.717, 1.165) is 15.8 Å². The van der Waals surface area contributed by atoms with Gasteiger partial charge in [-0.15, -0.1) is 11.3 Å². The minimum absolute atomic E-state index is 0.0990. The van der Waals surface area contributed by atoms with Crippen molar-refractivity contribution in [2.75, 3.05) is 27.3 Å². The first-order chi connectivity index (χ1) is 14.9. The summed E-state index contributed by atoms with van der Waals surface area (Å²) in [7, 11) is 3.32. The SMILES string of the molecule is CCOc1cc(/C=C(\CC(=O)O)c2nc3ccccc3s2)ccc1OCC(=O)N(C)C. The van der Waals surface area contributed by atoms with Crippen molar-refractivity contribution in [2.45, 2.75) is 13.3 Å². The van der Waals surface area contributed by atoms with Gasteiger partial charge in [-0.05, 0) is 48.4 Å². The summed E-state index contributed by atoms with van der Waals surface area (Å²) in [4.78, 5) is 29.3. The predicted molar refractivity (Wildman–Crippen MR) is 122 cm³/mol. The van der Waals surface area contributed by atoms with Crippen LogP contribution in [0, 0.1) is 0 Å². The van der Waals surface area contributed by atoms with Crippen LogP contribution in [0.4, 0.5) is 0 Å². The second-order valence-electron chi connectivity index (χ2n) is 6.94. The molecule has 7 nitrogen and oxygen atoms in total. The summed E-state index contributed by atoms with van der Waals surface area (Å²) in [6, 6.07) is 13.0. The van der Waals surface area contributed by atoms with E-state index in [1.54, 1.807) is 38.4 Å². The molecule has 1 N–H and O–H groups in total. The van der Waals surface area contributed by atoms with E-state index in [0.29, 0.717) is 28.7 Å². The van der Waals surface area contributed by atoms with E-state index < -0.39 is 5.97 Å². The highest BCUT2D eigenvalue weighted by molar-refractivity contribution is 7.19. The molecule has 0 bridgehead atoms. The predicted octanol–water partition coefficient (Wildman–Crippen LogP) is 4.18. The third-order valence-corrected chi connectivity index (χ3v) is 5.48. The number of amides is 1. The maximum absolute atomic E-state index is 11.8. The minimum atomic E-state index is -0.933. The Kier molecular flexibility index (Phi) is 7.25. The molecular formula is C23H24N2O5S. The smallest absolute Gasteiger partial charge is 0.307 e. The summed E-state index contributed by atoms with van der Waals surface area (Å²) in [6.07, 6.45) is 1.64. The Hall–Kier alpha value is -3.39. The maximum atomic E-state index is 11.8. The maximum Gasteiger partial charge on any atom is 0.307 e. The molecule has 0 aliphatic carbocycles. The van der Waals surface area contributed by atoms with Gasteiger partial charge in [0.2, 0.25) is 0 Å². The lowest BCUT2D eigenvalue weighted by molar-refractivity contribution is -0.135. The van der Waals surface area contributed by atoms with Crippen LogP contribution in [0.5, 0.6) is 11.5 Å². The van der Waals surface area contributed by atoms with E-state index >= 15 is 0 Å². The van der Waals surface area contributed by atoms with Gasteiger partial charge < -0.3 is 19.5 Å². The Labute approximate surface area is 184 Å². The van der Waals surface area contributed by atoms with Crippen LogP contribution in [0.25, 0.3) is 21.9 Å². The number of aromatic nitrogens is 1. The summed E-state index contributed by atoms with van der Waals surface area (Å²) >= 11 is 1.46. The monoisotopic (exact) mass is 440 g/mol. The van der Waals surface area contributed by atoms with E-state index in [1.807, 2.05) is 31.2 Å². The van der Waals surface area contributed by atoms with Gasteiger partial charge in [0.05, 0.1) is 23.2 Å². The number of thiazole rings is 1. The van der Waals surface area contributed by atoms with Crippen molar-refractivity contribution in [1.29, 1.82) is 0 Å².